The van der Waals surface area contributed by atoms with Gasteiger partial charge in [0.05, 0.1) is 0 Å². The molecule has 0 aliphatic carbocycles. The summed E-state index contributed by atoms with van der Waals surface area (Å²) >= 11 is 0. The predicted molar refractivity (Wildman–Crippen MR) is 97.2 cm³/mol. The van der Waals surface area contributed by atoms with Gasteiger partial charge < -0.3 is 15.4 Å². The third-order valence-electron chi connectivity index (χ3n) is 4.02. The van der Waals surface area contributed by atoms with Gasteiger partial charge in [-0.15, -0.1) is 0 Å². The molecule has 1 fully saturated rings. The summed E-state index contributed by atoms with van der Waals surface area (Å²) in [6.45, 7) is 5.16. The van der Waals surface area contributed by atoms with Crippen molar-refractivity contribution in [1.82, 2.24) is 5.32 Å². The predicted octanol–water partition coefficient (Wildman–Crippen LogP) is 2.85. The highest BCUT2D eigenvalue weighted by atomic mass is 16.5. The van der Waals surface area contributed by atoms with E-state index in [1.165, 1.54) is 0 Å². The minimum absolute atomic E-state index is 0.0550. The van der Waals surface area contributed by atoms with Gasteiger partial charge in [-0.2, -0.15) is 0 Å². The van der Waals surface area contributed by atoms with Crippen LogP contribution < -0.4 is 20.3 Å². The summed E-state index contributed by atoms with van der Waals surface area (Å²) in [5, 5.41) is 5.55. The highest BCUT2D eigenvalue weighted by molar-refractivity contribution is 5.95. The van der Waals surface area contributed by atoms with Crippen LogP contribution in [-0.4, -0.2) is 31.6 Å². The highest BCUT2D eigenvalue weighted by Crippen LogP contribution is 2.21. The first-order chi connectivity index (χ1) is 12.0. The summed E-state index contributed by atoms with van der Waals surface area (Å²) < 4.78 is 5.60. The first-order valence-corrected chi connectivity index (χ1v) is 8.18. The van der Waals surface area contributed by atoms with Crippen LogP contribution in [0.15, 0.2) is 42.5 Å². The highest BCUT2D eigenvalue weighted by Gasteiger charge is 2.20. The number of anilines is 2. The number of ether oxygens (including phenoxy) is 1. The van der Waals surface area contributed by atoms with Crippen LogP contribution in [0.25, 0.3) is 0 Å². The average molecular weight is 339 g/mol. The number of aryl methyl sites for hydroxylation is 2. The number of urea groups is 1. The van der Waals surface area contributed by atoms with Crippen LogP contribution in [0, 0.1) is 13.8 Å². The molecule has 3 amide bonds. The number of carbonyl (C=O) groups is 2. The molecular formula is C19H21N3O3. The van der Waals surface area contributed by atoms with E-state index in [2.05, 4.69) is 10.6 Å². The SMILES string of the molecule is Cc1ccc(C)c(OCC(=O)Nc2ccc(N3CCNC3=O)cc2)c1. The molecule has 6 nitrogen and oxygen atoms in total. The van der Waals surface area contributed by atoms with Crippen molar-refractivity contribution in [2.24, 2.45) is 0 Å². The maximum Gasteiger partial charge on any atom is 0.321 e. The Kier molecular flexibility index (Phi) is 4.88. The molecule has 1 aliphatic rings. The average Bonchev–Trinajstić information content (AvgIpc) is 3.02. The Morgan fingerprint density at radius 3 is 2.64 bits per heavy atom. The Morgan fingerprint density at radius 2 is 1.96 bits per heavy atom. The molecule has 0 spiro atoms. The van der Waals surface area contributed by atoms with E-state index in [-0.39, 0.29) is 18.5 Å². The standard InChI is InChI=1S/C19H21N3O3/c1-13-3-4-14(2)17(11-13)25-12-18(23)21-15-5-7-16(8-6-15)22-10-9-20-19(22)24/h3-8,11H,9-10,12H2,1-2H3,(H,20,24)(H,21,23). The largest absolute Gasteiger partial charge is 0.483 e. The number of rotatable bonds is 5. The van der Waals surface area contributed by atoms with Gasteiger partial charge in [-0.1, -0.05) is 12.1 Å². The maximum absolute atomic E-state index is 12.1. The zero-order valence-electron chi connectivity index (χ0n) is 14.3. The normalized spacial score (nSPS) is 13.5. The summed E-state index contributed by atoms with van der Waals surface area (Å²) in [6, 6.07) is 13.0. The Morgan fingerprint density at radius 1 is 1.20 bits per heavy atom. The molecule has 130 valence electrons. The second kappa shape index (κ2) is 7.25. The number of amides is 3. The van der Waals surface area contributed by atoms with Crippen LogP contribution in [0.3, 0.4) is 0 Å². The number of benzene rings is 2. The lowest BCUT2D eigenvalue weighted by Crippen LogP contribution is -2.27. The molecule has 2 aromatic rings. The molecule has 3 rings (SSSR count). The molecule has 2 N–H and O–H groups in total. The van der Waals surface area contributed by atoms with Crippen molar-refractivity contribution < 1.29 is 14.3 Å². The third kappa shape index (κ3) is 4.09. The van der Waals surface area contributed by atoms with Crippen molar-refractivity contribution in [1.29, 1.82) is 0 Å². The van der Waals surface area contributed by atoms with Crippen molar-refractivity contribution >= 4 is 23.3 Å². The summed E-state index contributed by atoms with van der Waals surface area (Å²) in [5.74, 6) is 0.484. The van der Waals surface area contributed by atoms with Crippen LogP contribution >= 0.6 is 0 Å². The van der Waals surface area contributed by atoms with E-state index in [9.17, 15) is 9.59 Å². The molecule has 1 heterocycles. The van der Waals surface area contributed by atoms with E-state index in [0.717, 1.165) is 16.8 Å². The van der Waals surface area contributed by atoms with E-state index in [1.807, 2.05) is 44.2 Å². The lowest BCUT2D eigenvalue weighted by atomic mass is 10.1. The first-order valence-electron chi connectivity index (χ1n) is 8.18. The quantitative estimate of drug-likeness (QED) is 0.880. The molecule has 0 unspecified atom stereocenters. The van der Waals surface area contributed by atoms with Crippen LogP contribution in [-0.2, 0) is 4.79 Å². The second-order valence-electron chi connectivity index (χ2n) is 6.04. The molecule has 1 saturated heterocycles. The van der Waals surface area contributed by atoms with Crippen molar-refractivity contribution in [3.63, 3.8) is 0 Å². The van der Waals surface area contributed by atoms with Gasteiger partial charge in [0.1, 0.15) is 5.75 Å². The van der Waals surface area contributed by atoms with Crippen LogP contribution in [0.1, 0.15) is 11.1 Å². The van der Waals surface area contributed by atoms with E-state index in [0.29, 0.717) is 24.5 Å². The molecule has 1 aliphatic heterocycles. The van der Waals surface area contributed by atoms with Gasteiger partial charge in [-0.05, 0) is 55.3 Å². The number of hydrogen-bond donors (Lipinski definition) is 2. The van der Waals surface area contributed by atoms with E-state index >= 15 is 0 Å². The Hall–Kier alpha value is -3.02. The molecular weight excluding hydrogens is 318 g/mol. The molecule has 0 radical (unpaired) electrons. The van der Waals surface area contributed by atoms with Gasteiger partial charge >= 0.3 is 6.03 Å². The Bertz CT molecular complexity index is 787. The summed E-state index contributed by atoms with van der Waals surface area (Å²) in [6.07, 6.45) is 0. The first kappa shape index (κ1) is 16.8. The van der Waals surface area contributed by atoms with Crippen LogP contribution in [0.2, 0.25) is 0 Å². The fourth-order valence-corrected chi connectivity index (χ4v) is 2.65. The second-order valence-corrected chi connectivity index (χ2v) is 6.04. The monoisotopic (exact) mass is 339 g/mol. The fraction of sp³-hybridized carbons (Fsp3) is 0.263. The van der Waals surface area contributed by atoms with Crippen molar-refractivity contribution in [2.45, 2.75) is 13.8 Å². The summed E-state index contributed by atoms with van der Waals surface area (Å²) in [4.78, 5) is 25.4. The molecule has 0 atom stereocenters. The van der Waals surface area contributed by atoms with Gasteiger partial charge in [-0.3, -0.25) is 9.69 Å². The van der Waals surface area contributed by atoms with Crippen molar-refractivity contribution in [3.8, 4) is 5.75 Å². The Labute approximate surface area is 146 Å². The minimum atomic E-state index is -0.229. The van der Waals surface area contributed by atoms with Crippen LogP contribution in [0.4, 0.5) is 16.2 Å². The van der Waals surface area contributed by atoms with Gasteiger partial charge in [0.2, 0.25) is 0 Å². The lowest BCUT2D eigenvalue weighted by molar-refractivity contribution is -0.118. The topological polar surface area (TPSA) is 70.7 Å². The van der Waals surface area contributed by atoms with E-state index in [1.54, 1.807) is 17.0 Å². The van der Waals surface area contributed by atoms with Crippen molar-refractivity contribution in [2.75, 3.05) is 29.9 Å². The van der Waals surface area contributed by atoms with E-state index < -0.39 is 0 Å². The number of nitrogens with one attached hydrogen (secondary N) is 2. The van der Waals surface area contributed by atoms with Gasteiger partial charge in [0.25, 0.3) is 5.91 Å². The number of nitrogens with zero attached hydrogens (tertiary/aromatic N) is 1. The molecule has 2 aromatic carbocycles. The van der Waals surface area contributed by atoms with Gasteiger partial charge in [0.15, 0.2) is 6.61 Å². The molecule has 25 heavy (non-hydrogen) atoms. The smallest absolute Gasteiger partial charge is 0.321 e. The number of hydrogen-bond acceptors (Lipinski definition) is 3. The zero-order valence-corrected chi connectivity index (χ0v) is 14.3. The molecule has 0 saturated carbocycles. The van der Waals surface area contributed by atoms with E-state index in [4.69, 9.17) is 4.74 Å². The zero-order chi connectivity index (χ0) is 17.8. The lowest BCUT2D eigenvalue weighted by Gasteiger charge is -2.15. The van der Waals surface area contributed by atoms with Gasteiger partial charge in [-0.25, -0.2) is 4.79 Å². The third-order valence-corrected chi connectivity index (χ3v) is 4.02. The molecule has 0 aromatic heterocycles. The number of carbonyl (C=O) groups excluding carboxylic acids is 2. The minimum Gasteiger partial charge on any atom is -0.483 e. The summed E-state index contributed by atoms with van der Waals surface area (Å²) in [7, 11) is 0. The fourth-order valence-electron chi connectivity index (χ4n) is 2.65. The van der Waals surface area contributed by atoms with Crippen LogP contribution in [0.5, 0.6) is 5.75 Å². The maximum atomic E-state index is 12.1. The Balaban J connectivity index is 1.56. The summed E-state index contributed by atoms with van der Waals surface area (Å²) in [5.41, 5.74) is 3.55. The molecule has 0 bridgehead atoms. The van der Waals surface area contributed by atoms with Gasteiger partial charge in [0, 0.05) is 24.5 Å². The molecule has 6 heteroatoms. The van der Waals surface area contributed by atoms with Crippen molar-refractivity contribution in [3.05, 3.63) is 53.6 Å².